The Hall–Kier alpha value is -3.20. The van der Waals surface area contributed by atoms with E-state index in [9.17, 15) is 9.59 Å². The predicted octanol–water partition coefficient (Wildman–Crippen LogP) is 3.00. The number of piperidine rings is 1. The number of piperazine rings is 1. The van der Waals surface area contributed by atoms with Crippen LogP contribution >= 0.6 is 11.3 Å². The predicted molar refractivity (Wildman–Crippen MR) is 121 cm³/mol. The van der Waals surface area contributed by atoms with Crippen molar-refractivity contribution in [2.45, 2.75) is 12.8 Å². The standard InChI is InChI=1S/C23H25N5O3S/c29-22(27-11-13-28(14-12-27)23(30)19-3-1-15-31-19)17-7-9-26(10-8-17)21-6-5-18(24-25-21)20-4-2-16-32-20/h1-6,15-17H,7-14H2. The topological polar surface area (TPSA) is 82.8 Å². The van der Waals surface area contributed by atoms with Gasteiger partial charge in [-0.3, -0.25) is 9.59 Å². The minimum atomic E-state index is -0.110. The normalized spacial score (nSPS) is 17.6. The Labute approximate surface area is 190 Å². The summed E-state index contributed by atoms with van der Waals surface area (Å²) in [4.78, 5) is 32.4. The highest BCUT2D eigenvalue weighted by Gasteiger charge is 2.32. The van der Waals surface area contributed by atoms with Gasteiger partial charge in [0.2, 0.25) is 5.91 Å². The van der Waals surface area contributed by atoms with Gasteiger partial charge in [0.05, 0.1) is 11.1 Å². The summed E-state index contributed by atoms with van der Waals surface area (Å²) < 4.78 is 5.20. The molecule has 0 atom stereocenters. The van der Waals surface area contributed by atoms with Crippen molar-refractivity contribution in [2.75, 3.05) is 44.2 Å². The number of nitrogens with zero attached hydrogens (tertiary/aromatic N) is 5. The van der Waals surface area contributed by atoms with Crippen LogP contribution in [0.5, 0.6) is 0 Å². The molecule has 0 N–H and O–H groups in total. The first-order chi connectivity index (χ1) is 15.7. The maximum absolute atomic E-state index is 13.0. The number of rotatable bonds is 4. The van der Waals surface area contributed by atoms with Gasteiger partial charge >= 0.3 is 0 Å². The molecule has 0 aromatic carbocycles. The molecule has 0 unspecified atom stereocenters. The number of carbonyl (C=O) groups is 2. The molecule has 3 aromatic rings. The largest absolute Gasteiger partial charge is 0.459 e. The second-order valence-corrected chi connectivity index (χ2v) is 9.06. The van der Waals surface area contributed by atoms with Crippen LogP contribution in [0.1, 0.15) is 23.4 Å². The van der Waals surface area contributed by atoms with Gasteiger partial charge in [-0.05, 0) is 48.6 Å². The van der Waals surface area contributed by atoms with Crippen molar-refractivity contribution in [3.63, 3.8) is 0 Å². The first-order valence-electron chi connectivity index (χ1n) is 10.9. The highest BCUT2D eigenvalue weighted by Crippen LogP contribution is 2.26. The van der Waals surface area contributed by atoms with E-state index in [1.165, 1.54) is 6.26 Å². The van der Waals surface area contributed by atoms with E-state index in [2.05, 4.69) is 15.1 Å². The lowest BCUT2D eigenvalue weighted by Crippen LogP contribution is -2.53. The van der Waals surface area contributed by atoms with Gasteiger partial charge in [-0.15, -0.1) is 21.5 Å². The molecule has 8 nitrogen and oxygen atoms in total. The molecule has 0 spiro atoms. The fourth-order valence-corrected chi connectivity index (χ4v) is 5.04. The summed E-state index contributed by atoms with van der Waals surface area (Å²) in [6.07, 6.45) is 3.11. The molecular formula is C23H25N5O3S. The van der Waals surface area contributed by atoms with Crippen molar-refractivity contribution >= 4 is 29.0 Å². The van der Waals surface area contributed by atoms with Crippen molar-refractivity contribution in [1.29, 1.82) is 0 Å². The summed E-state index contributed by atoms with van der Waals surface area (Å²) >= 11 is 1.65. The van der Waals surface area contributed by atoms with E-state index in [0.29, 0.717) is 31.9 Å². The van der Waals surface area contributed by atoms with Crippen molar-refractivity contribution in [3.8, 4) is 10.6 Å². The molecule has 0 radical (unpaired) electrons. The molecule has 2 saturated heterocycles. The van der Waals surface area contributed by atoms with E-state index in [0.717, 1.165) is 42.3 Å². The Kier molecular flexibility index (Phi) is 5.89. The van der Waals surface area contributed by atoms with E-state index in [1.54, 1.807) is 28.4 Å². The number of anilines is 1. The van der Waals surface area contributed by atoms with Crippen molar-refractivity contribution in [2.24, 2.45) is 5.92 Å². The fourth-order valence-electron chi connectivity index (χ4n) is 4.35. The number of carbonyl (C=O) groups excluding carboxylic acids is 2. The zero-order chi connectivity index (χ0) is 21.9. The third-order valence-corrected chi connectivity index (χ3v) is 7.10. The van der Waals surface area contributed by atoms with Crippen LogP contribution < -0.4 is 4.90 Å². The lowest BCUT2D eigenvalue weighted by molar-refractivity contribution is -0.137. The Morgan fingerprint density at radius 1 is 0.906 bits per heavy atom. The quantitative estimate of drug-likeness (QED) is 0.607. The molecular weight excluding hydrogens is 426 g/mol. The molecule has 2 aliphatic rings. The van der Waals surface area contributed by atoms with Gasteiger partial charge in [0.25, 0.3) is 5.91 Å². The molecule has 2 aliphatic heterocycles. The highest BCUT2D eigenvalue weighted by molar-refractivity contribution is 7.13. The van der Waals surface area contributed by atoms with Crippen LogP contribution in [0.2, 0.25) is 0 Å². The minimum Gasteiger partial charge on any atom is -0.459 e. The summed E-state index contributed by atoms with van der Waals surface area (Å²) in [6, 6.07) is 11.5. The average Bonchev–Trinajstić information content (AvgIpc) is 3.58. The molecule has 2 amide bonds. The first kappa shape index (κ1) is 20.7. The Morgan fingerprint density at radius 2 is 1.69 bits per heavy atom. The van der Waals surface area contributed by atoms with Crippen LogP contribution in [-0.2, 0) is 4.79 Å². The first-order valence-corrected chi connectivity index (χ1v) is 11.8. The van der Waals surface area contributed by atoms with Crippen LogP contribution in [0.25, 0.3) is 10.6 Å². The molecule has 9 heteroatoms. The van der Waals surface area contributed by atoms with Gasteiger partial charge in [-0.25, -0.2) is 0 Å². The third kappa shape index (κ3) is 4.25. The van der Waals surface area contributed by atoms with Gasteiger partial charge in [-0.2, -0.15) is 0 Å². The number of furan rings is 1. The van der Waals surface area contributed by atoms with Crippen molar-refractivity contribution in [1.82, 2.24) is 20.0 Å². The summed E-state index contributed by atoms with van der Waals surface area (Å²) in [5.41, 5.74) is 0.887. The number of thiophene rings is 1. The van der Waals surface area contributed by atoms with Gasteiger partial charge in [0.1, 0.15) is 5.69 Å². The molecule has 0 bridgehead atoms. The van der Waals surface area contributed by atoms with E-state index in [1.807, 2.05) is 34.5 Å². The summed E-state index contributed by atoms with van der Waals surface area (Å²) in [6.45, 7) is 3.80. The van der Waals surface area contributed by atoms with Crippen molar-refractivity contribution < 1.29 is 14.0 Å². The molecule has 0 saturated carbocycles. The number of hydrogen-bond donors (Lipinski definition) is 0. The number of hydrogen-bond acceptors (Lipinski definition) is 7. The lowest BCUT2D eigenvalue weighted by atomic mass is 9.95. The van der Waals surface area contributed by atoms with E-state index in [-0.39, 0.29) is 17.7 Å². The number of amides is 2. The van der Waals surface area contributed by atoms with Gasteiger partial charge < -0.3 is 19.1 Å². The minimum absolute atomic E-state index is 0.0249. The Bertz CT molecular complexity index is 1040. The van der Waals surface area contributed by atoms with Crippen LogP contribution in [0.4, 0.5) is 5.82 Å². The van der Waals surface area contributed by atoms with Gasteiger partial charge in [-0.1, -0.05) is 6.07 Å². The van der Waals surface area contributed by atoms with Crippen molar-refractivity contribution in [3.05, 3.63) is 53.8 Å². The second-order valence-electron chi connectivity index (χ2n) is 8.11. The maximum atomic E-state index is 13.0. The molecule has 5 heterocycles. The van der Waals surface area contributed by atoms with Gasteiger partial charge in [0, 0.05) is 45.2 Å². The maximum Gasteiger partial charge on any atom is 0.289 e. The van der Waals surface area contributed by atoms with Crippen LogP contribution in [-0.4, -0.2) is 71.1 Å². The summed E-state index contributed by atoms with van der Waals surface area (Å²) in [5, 5.41) is 10.8. The Morgan fingerprint density at radius 3 is 2.31 bits per heavy atom. The molecule has 32 heavy (non-hydrogen) atoms. The zero-order valence-electron chi connectivity index (χ0n) is 17.7. The summed E-state index contributed by atoms with van der Waals surface area (Å²) in [7, 11) is 0. The SMILES string of the molecule is O=C(c1ccco1)N1CCN(C(=O)C2CCN(c3ccc(-c4cccs4)nn3)CC2)CC1. The second kappa shape index (κ2) is 9.12. The zero-order valence-corrected chi connectivity index (χ0v) is 18.5. The molecule has 2 fully saturated rings. The number of aromatic nitrogens is 2. The molecule has 3 aromatic heterocycles. The average molecular weight is 452 g/mol. The monoisotopic (exact) mass is 451 g/mol. The highest BCUT2D eigenvalue weighted by atomic mass is 32.1. The summed E-state index contributed by atoms with van der Waals surface area (Å²) in [5.74, 6) is 1.33. The van der Waals surface area contributed by atoms with Crippen LogP contribution in [0.15, 0.2) is 52.5 Å². The third-order valence-electron chi connectivity index (χ3n) is 6.20. The fraction of sp³-hybridized carbons (Fsp3) is 0.391. The van der Waals surface area contributed by atoms with E-state index in [4.69, 9.17) is 4.42 Å². The molecule has 166 valence electrons. The van der Waals surface area contributed by atoms with Gasteiger partial charge in [0.15, 0.2) is 11.6 Å². The Balaban J connectivity index is 1.11. The van der Waals surface area contributed by atoms with Crippen LogP contribution in [0, 0.1) is 5.92 Å². The molecule has 5 rings (SSSR count). The van der Waals surface area contributed by atoms with E-state index < -0.39 is 0 Å². The van der Waals surface area contributed by atoms with E-state index >= 15 is 0 Å². The van der Waals surface area contributed by atoms with Crippen LogP contribution in [0.3, 0.4) is 0 Å². The lowest BCUT2D eigenvalue weighted by Gasteiger charge is -2.38. The smallest absolute Gasteiger partial charge is 0.289 e. The molecule has 0 aliphatic carbocycles.